The predicted molar refractivity (Wildman–Crippen MR) is 105 cm³/mol. The van der Waals surface area contributed by atoms with E-state index in [1.807, 2.05) is 28.9 Å². The van der Waals surface area contributed by atoms with E-state index in [9.17, 15) is 0 Å². The van der Waals surface area contributed by atoms with Crippen molar-refractivity contribution in [1.29, 1.82) is 0 Å². The first-order chi connectivity index (χ1) is 12.4. The number of para-hydroxylation sites is 1. The Kier molecular flexibility index (Phi) is 4.49. The lowest BCUT2D eigenvalue weighted by atomic mass is 9.93. The molecule has 4 aromatic rings. The average Bonchev–Trinajstić information content (AvgIpc) is 3.34. The Labute approximate surface area is 152 Å². The van der Waals surface area contributed by atoms with Gasteiger partial charge in [0.25, 0.3) is 0 Å². The molecule has 4 rings (SSSR count). The fourth-order valence-electron chi connectivity index (χ4n) is 3.11. The zero-order valence-corrected chi connectivity index (χ0v) is 14.7. The lowest BCUT2D eigenvalue weighted by molar-refractivity contribution is 0.753. The molecule has 1 radical (unpaired) electrons. The summed E-state index contributed by atoms with van der Waals surface area (Å²) >= 11 is 1.74. The van der Waals surface area contributed by atoms with Crippen LogP contribution in [0.1, 0.15) is 23.6 Å². The maximum atomic E-state index is 4.97. The Hall–Kier alpha value is -2.65. The second-order valence-corrected chi connectivity index (χ2v) is 6.88. The Bertz CT molecular complexity index is 925. The van der Waals surface area contributed by atoms with Gasteiger partial charge in [0.2, 0.25) is 0 Å². The first-order valence-corrected chi connectivity index (χ1v) is 9.28. The van der Waals surface area contributed by atoms with E-state index >= 15 is 0 Å². The molecule has 2 aromatic heterocycles. The van der Waals surface area contributed by atoms with Gasteiger partial charge in [0.1, 0.15) is 0 Å². The van der Waals surface area contributed by atoms with Gasteiger partial charge in [-0.3, -0.25) is 0 Å². The summed E-state index contributed by atoms with van der Waals surface area (Å²) in [7, 11) is 0. The Morgan fingerprint density at radius 2 is 1.64 bits per heavy atom. The smallest absolute Gasteiger partial charge is 0.0843 e. The number of benzene rings is 2. The lowest BCUT2D eigenvalue weighted by Crippen LogP contribution is -2.03. The van der Waals surface area contributed by atoms with Gasteiger partial charge in [0.05, 0.1) is 22.0 Å². The molecule has 25 heavy (non-hydrogen) atoms. The number of aromatic nitrogens is 2. The number of nitrogens with zero attached hydrogens (tertiary/aromatic N) is 2. The monoisotopic (exact) mass is 343 g/mol. The summed E-state index contributed by atoms with van der Waals surface area (Å²) in [6, 6.07) is 27.3. The molecule has 0 saturated carbocycles. The van der Waals surface area contributed by atoms with Crippen LogP contribution in [0.2, 0.25) is 0 Å². The van der Waals surface area contributed by atoms with Gasteiger partial charge in [-0.05, 0) is 41.6 Å². The molecule has 0 bridgehead atoms. The van der Waals surface area contributed by atoms with E-state index < -0.39 is 0 Å². The topological polar surface area (TPSA) is 17.8 Å². The van der Waals surface area contributed by atoms with Crippen molar-refractivity contribution >= 4 is 11.3 Å². The first kappa shape index (κ1) is 15.9. The van der Waals surface area contributed by atoms with Gasteiger partial charge >= 0.3 is 0 Å². The van der Waals surface area contributed by atoms with Gasteiger partial charge in [-0.2, -0.15) is 5.10 Å². The van der Waals surface area contributed by atoms with E-state index in [4.69, 9.17) is 5.10 Å². The normalized spacial score (nSPS) is 12.2. The number of hydrogen-bond acceptors (Lipinski definition) is 2. The second kappa shape index (κ2) is 7.08. The highest BCUT2D eigenvalue weighted by Crippen LogP contribution is 2.33. The van der Waals surface area contributed by atoms with Crippen molar-refractivity contribution in [2.45, 2.75) is 12.3 Å². The molecule has 0 aliphatic heterocycles. The zero-order chi connectivity index (χ0) is 17.1. The Morgan fingerprint density at radius 1 is 0.920 bits per heavy atom. The Morgan fingerprint density at radius 3 is 2.28 bits per heavy atom. The molecule has 1 atom stereocenters. The summed E-state index contributed by atoms with van der Waals surface area (Å²) in [5, 5.41) is 7.07. The molecule has 2 aromatic carbocycles. The molecule has 2 nitrogen and oxygen atoms in total. The van der Waals surface area contributed by atoms with Crippen LogP contribution in [0, 0.1) is 6.92 Å². The van der Waals surface area contributed by atoms with Gasteiger partial charge in [-0.25, -0.2) is 4.68 Å². The van der Waals surface area contributed by atoms with E-state index in [0.717, 1.165) is 23.5 Å². The third-order valence-electron chi connectivity index (χ3n) is 4.35. The molecule has 0 spiro atoms. The highest BCUT2D eigenvalue weighted by atomic mass is 32.1. The number of rotatable bonds is 5. The van der Waals surface area contributed by atoms with Crippen molar-refractivity contribution in [3.05, 3.63) is 102 Å². The molecule has 123 valence electrons. The number of hydrogen-bond donors (Lipinski definition) is 0. The van der Waals surface area contributed by atoms with Crippen molar-refractivity contribution in [2.24, 2.45) is 0 Å². The number of thiophene rings is 1. The molecule has 0 saturated heterocycles. The van der Waals surface area contributed by atoms with Gasteiger partial charge < -0.3 is 0 Å². The summed E-state index contributed by atoms with van der Waals surface area (Å²) in [4.78, 5) is 1.22. The summed E-state index contributed by atoms with van der Waals surface area (Å²) in [6.45, 7) is 4.17. The SMILES string of the molecule is [CH2]CC(c1ccccc1)c1cc(-c2cccs2)n(-c2ccccc2)n1. The van der Waals surface area contributed by atoms with Gasteiger partial charge in [-0.1, -0.05) is 61.5 Å². The molecule has 0 amide bonds. The van der Waals surface area contributed by atoms with Crippen molar-refractivity contribution < 1.29 is 0 Å². The fourth-order valence-corrected chi connectivity index (χ4v) is 3.83. The largest absolute Gasteiger partial charge is 0.232 e. The minimum Gasteiger partial charge on any atom is -0.232 e. The lowest BCUT2D eigenvalue weighted by Gasteiger charge is -2.12. The maximum absolute atomic E-state index is 4.97. The predicted octanol–water partition coefficient (Wildman–Crippen LogP) is 5.96. The summed E-state index contributed by atoms with van der Waals surface area (Å²) < 4.78 is 2.05. The van der Waals surface area contributed by atoms with Crippen LogP contribution in [0.15, 0.2) is 84.2 Å². The molecule has 0 fully saturated rings. The molecule has 0 aliphatic carbocycles. The first-order valence-electron chi connectivity index (χ1n) is 8.40. The van der Waals surface area contributed by atoms with E-state index in [-0.39, 0.29) is 5.92 Å². The van der Waals surface area contributed by atoms with Crippen LogP contribution < -0.4 is 0 Å². The van der Waals surface area contributed by atoms with Crippen LogP contribution >= 0.6 is 11.3 Å². The van der Waals surface area contributed by atoms with Crippen molar-refractivity contribution in [1.82, 2.24) is 9.78 Å². The fraction of sp³-hybridized carbons (Fsp3) is 0.0909. The second-order valence-electron chi connectivity index (χ2n) is 5.93. The molecular weight excluding hydrogens is 324 g/mol. The van der Waals surface area contributed by atoms with Crippen LogP contribution in [0.3, 0.4) is 0 Å². The van der Waals surface area contributed by atoms with Gasteiger partial charge in [-0.15, -0.1) is 11.3 Å². The summed E-state index contributed by atoms with van der Waals surface area (Å²) in [6.07, 6.45) is 0.777. The standard InChI is InChI=1S/C22H19N2S/c1-2-19(17-10-5-3-6-11-17)20-16-21(22-14-9-15-25-22)24(23-20)18-12-7-4-8-13-18/h3-16,19H,1-2H2. The van der Waals surface area contributed by atoms with Crippen LogP contribution in [-0.2, 0) is 0 Å². The van der Waals surface area contributed by atoms with Crippen LogP contribution in [0.5, 0.6) is 0 Å². The molecule has 1 unspecified atom stereocenters. The Balaban J connectivity index is 1.85. The van der Waals surface area contributed by atoms with Crippen LogP contribution in [0.25, 0.3) is 16.3 Å². The highest BCUT2D eigenvalue weighted by molar-refractivity contribution is 7.13. The quantitative estimate of drug-likeness (QED) is 0.437. The molecular formula is C22H19N2S. The van der Waals surface area contributed by atoms with E-state index in [2.05, 4.69) is 66.9 Å². The molecule has 2 heterocycles. The third kappa shape index (κ3) is 3.15. The third-order valence-corrected chi connectivity index (χ3v) is 5.24. The van der Waals surface area contributed by atoms with Crippen LogP contribution in [0.4, 0.5) is 0 Å². The molecule has 0 N–H and O–H groups in total. The van der Waals surface area contributed by atoms with Crippen molar-refractivity contribution in [2.75, 3.05) is 0 Å². The molecule has 0 aliphatic rings. The minimum absolute atomic E-state index is 0.199. The van der Waals surface area contributed by atoms with Crippen LogP contribution in [-0.4, -0.2) is 9.78 Å². The van der Waals surface area contributed by atoms with E-state index in [1.165, 1.54) is 10.4 Å². The highest BCUT2D eigenvalue weighted by Gasteiger charge is 2.19. The van der Waals surface area contributed by atoms with Gasteiger partial charge in [0, 0.05) is 5.92 Å². The van der Waals surface area contributed by atoms with Crippen molar-refractivity contribution in [3.63, 3.8) is 0 Å². The average molecular weight is 343 g/mol. The maximum Gasteiger partial charge on any atom is 0.0843 e. The van der Waals surface area contributed by atoms with E-state index in [0.29, 0.717) is 0 Å². The summed E-state index contributed by atoms with van der Waals surface area (Å²) in [5.41, 5.74) is 4.53. The van der Waals surface area contributed by atoms with Crippen molar-refractivity contribution in [3.8, 4) is 16.3 Å². The van der Waals surface area contributed by atoms with E-state index in [1.54, 1.807) is 11.3 Å². The molecule has 3 heteroatoms. The zero-order valence-electron chi connectivity index (χ0n) is 13.9. The minimum atomic E-state index is 0.199. The summed E-state index contributed by atoms with van der Waals surface area (Å²) in [5.74, 6) is 0.199. The van der Waals surface area contributed by atoms with Gasteiger partial charge in [0.15, 0.2) is 0 Å².